The van der Waals surface area contributed by atoms with Crippen molar-refractivity contribution in [3.05, 3.63) is 70.2 Å². The normalized spacial score (nSPS) is 13.3. The summed E-state index contributed by atoms with van der Waals surface area (Å²) in [4.78, 5) is 12.4. The molecule has 7 nitrogen and oxygen atoms in total. The summed E-state index contributed by atoms with van der Waals surface area (Å²) in [6, 6.07) is 17.4. The highest BCUT2D eigenvalue weighted by Crippen LogP contribution is 2.27. The summed E-state index contributed by atoms with van der Waals surface area (Å²) in [5.41, 5.74) is 2.70. The van der Waals surface area contributed by atoms with Crippen LogP contribution >= 0.6 is 39.5 Å². The fourth-order valence-electron chi connectivity index (χ4n) is 2.86. The Kier molecular flexibility index (Phi) is 4.98. The molecule has 0 bridgehead atoms. The van der Waals surface area contributed by atoms with E-state index in [-0.39, 0.29) is 11.5 Å². The SMILES string of the molecule is O=C(CSc1nnc2n3c(nn12)SCC(c1ccccc1)=N3)c1ccc(Br)cc1. The van der Waals surface area contributed by atoms with Gasteiger partial charge >= 0.3 is 0 Å². The smallest absolute Gasteiger partial charge is 0.276 e. The highest BCUT2D eigenvalue weighted by molar-refractivity contribution is 9.10. The van der Waals surface area contributed by atoms with Gasteiger partial charge in [-0.1, -0.05) is 81.9 Å². The van der Waals surface area contributed by atoms with Crippen LogP contribution in [0.1, 0.15) is 15.9 Å². The Balaban J connectivity index is 1.39. The monoisotopic (exact) mass is 484 g/mol. The summed E-state index contributed by atoms with van der Waals surface area (Å²) in [6.07, 6.45) is 0. The third-order valence-electron chi connectivity index (χ3n) is 4.32. The quantitative estimate of drug-likeness (QED) is 0.314. The number of halogens is 1. The van der Waals surface area contributed by atoms with Crippen LogP contribution in [0.2, 0.25) is 0 Å². The second-order valence-electron chi connectivity index (χ2n) is 6.21. The molecule has 1 aliphatic rings. The molecule has 0 radical (unpaired) electrons. The molecule has 0 unspecified atom stereocenters. The van der Waals surface area contributed by atoms with Crippen molar-refractivity contribution < 1.29 is 4.79 Å². The molecule has 1 aliphatic heterocycles. The zero-order valence-electron chi connectivity index (χ0n) is 14.9. The van der Waals surface area contributed by atoms with Crippen molar-refractivity contribution in [1.29, 1.82) is 0 Å². The van der Waals surface area contributed by atoms with Crippen LogP contribution in [-0.4, -0.2) is 47.5 Å². The maximum absolute atomic E-state index is 12.4. The van der Waals surface area contributed by atoms with Crippen molar-refractivity contribution in [3.8, 4) is 0 Å². The minimum atomic E-state index is 0.0296. The van der Waals surface area contributed by atoms with Gasteiger partial charge in [0, 0.05) is 15.8 Å². The van der Waals surface area contributed by atoms with Crippen molar-refractivity contribution in [3.63, 3.8) is 0 Å². The highest BCUT2D eigenvalue weighted by Gasteiger charge is 2.23. The van der Waals surface area contributed by atoms with Gasteiger partial charge in [-0.05, 0) is 17.7 Å². The molecule has 0 spiro atoms. The van der Waals surface area contributed by atoms with Gasteiger partial charge in [0.25, 0.3) is 5.78 Å². The summed E-state index contributed by atoms with van der Waals surface area (Å²) in [7, 11) is 0. The van der Waals surface area contributed by atoms with E-state index in [1.165, 1.54) is 11.8 Å². The maximum Gasteiger partial charge on any atom is 0.276 e. The van der Waals surface area contributed by atoms with Gasteiger partial charge in [-0.15, -0.1) is 15.3 Å². The van der Waals surface area contributed by atoms with Crippen LogP contribution in [0.3, 0.4) is 0 Å². The summed E-state index contributed by atoms with van der Waals surface area (Å²) >= 11 is 6.30. The topological polar surface area (TPSA) is 77.4 Å². The van der Waals surface area contributed by atoms with Gasteiger partial charge in [-0.3, -0.25) is 4.79 Å². The number of nitrogens with zero attached hydrogens (tertiary/aromatic N) is 6. The Hall–Kier alpha value is -2.43. The van der Waals surface area contributed by atoms with E-state index >= 15 is 0 Å². The Morgan fingerprint density at radius 3 is 2.69 bits per heavy atom. The number of fused-ring (bicyclic) bond motifs is 3. The van der Waals surface area contributed by atoms with E-state index < -0.39 is 0 Å². The Morgan fingerprint density at radius 2 is 1.90 bits per heavy atom. The number of aromatic nitrogens is 5. The zero-order chi connectivity index (χ0) is 19.8. The summed E-state index contributed by atoms with van der Waals surface area (Å²) < 4.78 is 4.31. The minimum absolute atomic E-state index is 0.0296. The number of ketones is 1. The van der Waals surface area contributed by atoms with Gasteiger partial charge in [0.05, 0.1) is 11.5 Å². The average Bonchev–Trinajstić information content (AvgIpc) is 3.32. The molecule has 29 heavy (non-hydrogen) atoms. The van der Waals surface area contributed by atoms with Gasteiger partial charge in [0.15, 0.2) is 5.78 Å². The Labute approximate surface area is 182 Å². The summed E-state index contributed by atoms with van der Waals surface area (Å²) in [5.74, 6) is 1.57. The molecule has 0 saturated heterocycles. The fourth-order valence-corrected chi connectivity index (χ4v) is 4.77. The third-order valence-corrected chi connectivity index (χ3v) is 6.69. The first-order chi connectivity index (χ1) is 14.2. The molecule has 2 aromatic carbocycles. The minimum Gasteiger partial charge on any atom is -0.293 e. The second kappa shape index (κ2) is 7.77. The Morgan fingerprint density at radius 1 is 1.10 bits per heavy atom. The first kappa shape index (κ1) is 18.6. The zero-order valence-corrected chi connectivity index (χ0v) is 18.1. The molecule has 2 aromatic heterocycles. The number of rotatable bonds is 5. The lowest BCUT2D eigenvalue weighted by Gasteiger charge is -2.11. The molecule has 4 aromatic rings. The molecular formula is C19H13BrN6OS2. The van der Waals surface area contributed by atoms with E-state index in [4.69, 9.17) is 5.10 Å². The number of thioether (sulfide) groups is 2. The van der Waals surface area contributed by atoms with Crippen molar-refractivity contribution in [2.24, 2.45) is 5.10 Å². The predicted octanol–water partition coefficient (Wildman–Crippen LogP) is 4.02. The van der Waals surface area contributed by atoms with Crippen molar-refractivity contribution in [2.45, 2.75) is 10.3 Å². The number of carbonyl (C=O) groups is 1. The van der Waals surface area contributed by atoms with Crippen LogP contribution in [-0.2, 0) is 0 Å². The average molecular weight is 485 g/mol. The van der Waals surface area contributed by atoms with Gasteiger partial charge in [0.1, 0.15) is 0 Å². The maximum atomic E-state index is 12.4. The predicted molar refractivity (Wildman–Crippen MR) is 117 cm³/mol. The van der Waals surface area contributed by atoms with Crippen molar-refractivity contribution in [2.75, 3.05) is 11.5 Å². The number of Topliss-reactive ketones (excluding diaryl/α,β-unsaturated/α-hetero) is 1. The van der Waals surface area contributed by atoms with E-state index in [1.54, 1.807) is 33.1 Å². The molecule has 5 rings (SSSR count). The lowest BCUT2D eigenvalue weighted by molar-refractivity contribution is 0.102. The molecular weight excluding hydrogens is 472 g/mol. The first-order valence-corrected chi connectivity index (χ1v) is 11.5. The fraction of sp³-hybridized carbons (Fsp3) is 0.105. The number of hydrogen-bond donors (Lipinski definition) is 0. The largest absolute Gasteiger partial charge is 0.293 e. The van der Waals surface area contributed by atoms with Crippen molar-refractivity contribution >= 4 is 56.7 Å². The number of benzene rings is 2. The lowest BCUT2D eigenvalue weighted by Crippen LogP contribution is -2.13. The number of carbonyl (C=O) groups excluding carboxylic acids is 1. The number of hydrogen-bond acceptors (Lipinski definition) is 7. The molecule has 10 heteroatoms. The highest BCUT2D eigenvalue weighted by atomic mass is 79.9. The molecule has 0 fully saturated rings. The van der Waals surface area contributed by atoms with Crippen LogP contribution in [0.25, 0.3) is 5.78 Å². The standard InChI is InChI=1S/C19H13BrN6OS2/c20-14-8-6-13(7-9-14)16(27)11-29-18-22-21-17-25(18)24-19-26(17)23-15(10-28-19)12-4-2-1-3-5-12/h1-9H,10-11H2. The molecule has 0 aliphatic carbocycles. The van der Waals surface area contributed by atoms with Gasteiger partial charge in [-0.2, -0.15) is 14.3 Å². The van der Waals surface area contributed by atoms with Crippen LogP contribution in [0.15, 0.2) is 74.5 Å². The lowest BCUT2D eigenvalue weighted by atomic mass is 10.1. The van der Waals surface area contributed by atoms with Crippen LogP contribution < -0.4 is 0 Å². The first-order valence-electron chi connectivity index (χ1n) is 8.71. The van der Waals surface area contributed by atoms with Crippen LogP contribution in [0.5, 0.6) is 0 Å². The third kappa shape index (κ3) is 3.63. The molecule has 3 heterocycles. The Bertz CT molecular complexity index is 1230. The molecule has 144 valence electrons. The molecule has 0 saturated carbocycles. The van der Waals surface area contributed by atoms with Crippen LogP contribution in [0.4, 0.5) is 0 Å². The molecule has 0 N–H and O–H groups in total. The van der Waals surface area contributed by atoms with Gasteiger partial charge < -0.3 is 0 Å². The van der Waals surface area contributed by atoms with E-state index in [9.17, 15) is 4.79 Å². The van der Waals surface area contributed by atoms with E-state index in [0.29, 0.717) is 16.5 Å². The summed E-state index contributed by atoms with van der Waals surface area (Å²) in [6.45, 7) is 0. The van der Waals surface area contributed by atoms with Gasteiger partial charge in [0.2, 0.25) is 10.3 Å². The summed E-state index contributed by atoms with van der Waals surface area (Å²) in [5, 5.41) is 19.1. The molecule has 0 atom stereocenters. The van der Waals surface area contributed by atoms with Gasteiger partial charge in [-0.25, -0.2) is 0 Å². The van der Waals surface area contributed by atoms with E-state index in [1.807, 2.05) is 42.5 Å². The second-order valence-corrected chi connectivity index (χ2v) is 9.01. The van der Waals surface area contributed by atoms with E-state index in [0.717, 1.165) is 26.7 Å². The van der Waals surface area contributed by atoms with E-state index in [2.05, 4.69) is 31.2 Å². The molecule has 0 amide bonds. The van der Waals surface area contributed by atoms with Crippen molar-refractivity contribution in [1.82, 2.24) is 24.5 Å². The van der Waals surface area contributed by atoms with Crippen LogP contribution in [0, 0.1) is 0 Å².